The number of hydrogen-bond donors (Lipinski definition) is 1. The summed E-state index contributed by atoms with van der Waals surface area (Å²) in [4.78, 5) is 24.2. The highest BCUT2D eigenvalue weighted by molar-refractivity contribution is 5.70. The van der Waals surface area contributed by atoms with E-state index < -0.39 is 6.10 Å². The third kappa shape index (κ3) is 35.5. The van der Waals surface area contributed by atoms with E-state index >= 15 is 0 Å². The first-order chi connectivity index (χ1) is 22.6. The third-order valence-corrected chi connectivity index (χ3v) is 9.06. The summed E-state index contributed by atoms with van der Waals surface area (Å²) in [6, 6.07) is 0. The molecule has 0 spiro atoms. The van der Waals surface area contributed by atoms with Gasteiger partial charge in [-0.15, -0.1) is 0 Å². The Hall–Kier alpha value is -1.36. The van der Waals surface area contributed by atoms with Crippen LogP contribution in [0.5, 0.6) is 0 Å². The molecule has 0 saturated heterocycles. The van der Waals surface area contributed by atoms with E-state index in [0.29, 0.717) is 12.8 Å². The van der Waals surface area contributed by atoms with Crippen molar-refractivity contribution in [2.45, 2.75) is 225 Å². The molecule has 46 heavy (non-hydrogen) atoms. The van der Waals surface area contributed by atoms with Crippen LogP contribution >= 0.6 is 0 Å². The van der Waals surface area contributed by atoms with E-state index in [1.54, 1.807) is 0 Å². The highest BCUT2D eigenvalue weighted by atomic mass is 16.6. The van der Waals surface area contributed by atoms with Crippen LogP contribution in [0, 0.1) is 0 Å². The van der Waals surface area contributed by atoms with Gasteiger partial charge in [0.05, 0.1) is 6.61 Å². The maximum absolute atomic E-state index is 12.2. The van der Waals surface area contributed by atoms with E-state index in [4.69, 9.17) is 9.47 Å². The quantitative estimate of drug-likeness (QED) is 0.0411. The fourth-order valence-corrected chi connectivity index (χ4v) is 5.96. The lowest BCUT2D eigenvalue weighted by molar-refractivity contribution is -0.161. The zero-order chi connectivity index (χ0) is 33.6. The molecule has 0 bridgehead atoms. The summed E-state index contributed by atoms with van der Waals surface area (Å²) in [5.41, 5.74) is 0. The molecule has 0 aromatic carbocycles. The summed E-state index contributed by atoms with van der Waals surface area (Å²) in [7, 11) is 0. The molecule has 0 radical (unpaired) electrons. The van der Waals surface area contributed by atoms with E-state index in [-0.39, 0.29) is 25.2 Å². The van der Waals surface area contributed by atoms with Gasteiger partial charge in [-0.25, -0.2) is 0 Å². The van der Waals surface area contributed by atoms with Gasteiger partial charge < -0.3 is 14.6 Å². The molecule has 0 aliphatic carbocycles. The topological polar surface area (TPSA) is 72.8 Å². The van der Waals surface area contributed by atoms with E-state index in [2.05, 4.69) is 26.0 Å². The van der Waals surface area contributed by atoms with Gasteiger partial charge in [0.2, 0.25) is 0 Å². The van der Waals surface area contributed by atoms with Gasteiger partial charge in [0.1, 0.15) is 6.61 Å². The zero-order valence-electron chi connectivity index (χ0n) is 30.9. The Kier molecular flexibility index (Phi) is 37.0. The van der Waals surface area contributed by atoms with Crippen LogP contribution in [0.2, 0.25) is 0 Å². The van der Waals surface area contributed by atoms with Crippen molar-refractivity contribution in [1.82, 2.24) is 0 Å². The second-order valence-corrected chi connectivity index (χ2v) is 13.7. The van der Waals surface area contributed by atoms with Crippen molar-refractivity contribution >= 4 is 11.9 Å². The number of aliphatic hydroxyl groups excluding tert-OH is 1. The van der Waals surface area contributed by atoms with E-state index in [1.165, 1.54) is 154 Å². The minimum Gasteiger partial charge on any atom is -0.462 e. The minimum atomic E-state index is -0.766. The van der Waals surface area contributed by atoms with Gasteiger partial charge in [-0.3, -0.25) is 9.59 Å². The summed E-state index contributed by atoms with van der Waals surface area (Å²) in [6.07, 6.45) is 42.7. The molecular formula is C41H78O5. The van der Waals surface area contributed by atoms with Crippen LogP contribution in [0.1, 0.15) is 219 Å². The van der Waals surface area contributed by atoms with Crippen LogP contribution in [0.3, 0.4) is 0 Å². The van der Waals surface area contributed by atoms with Crippen molar-refractivity contribution in [1.29, 1.82) is 0 Å². The van der Waals surface area contributed by atoms with Gasteiger partial charge in [0.15, 0.2) is 6.10 Å². The van der Waals surface area contributed by atoms with Gasteiger partial charge in [-0.2, -0.15) is 0 Å². The van der Waals surface area contributed by atoms with Gasteiger partial charge in [-0.05, 0) is 38.5 Å². The SMILES string of the molecule is CCCCCCCCC=CCCCCCCCCCC(=O)OCC(CO)OC(=O)CCCCCCCCCCCCCCCCC. The summed E-state index contributed by atoms with van der Waals surface area (Å²) in [6.45, 7) is 4.15. The number of aliphatic hydroxyl groups is 1. The lowest BCUT2D eigenvalue weighted by Gasteiger charge is -2.15. The average Bonchev–Trinajstić information content (AvgIpc) is 3.06. The second kappa shape index (κ2) is 38.1. The predicted molar refractivity (Wildman–Crippen MR) is 196 cm³/mol. The molecule has 1 N–H and O–H groups in total. The van der Waals surface area contributed by atoms with Crippen molar-refractivity contribution < 1.29 is 24.2 Å². The molecule has 0 amide bonds. The first-order valence-corrected chi connectivity index (χ1v) is 20.2. The number of esters is 2. The number of carbonyl (C=O) groups excluding carboxylic acids is 2. The minimum absolute atomic E-state index is 0.0622. The third-order valence-electron chi connectivity index (χ3n) is 9.06. The molecule has 0 aliphatic rings. The van der Waals surface area contributed by atoms with Crippen LogP contribution in [0.4, 0.5) is 0 Å². The molecule has 0 heterocycles. The summed E-state index contributed by atoms with van der Waals surface area (Å²) < 4.78 is 10.6. The van der Waals surface area contributed by atoms with Crippen molar-refractivity contribution in [2.75, 3.05) is 13.2 Å². The fraction of sp³-hybridized carbons (Fsp3) is 0.902. The Labute approximate surface area is 286 Å². The number of unbranched alkanes of at least 4 members (excludes halogenated alkanes) is 27. The van der Waals surface area contributed by atoms with Crippen LogP contribution in [0.25, 0.3) is 0 Å². The molecule has 1 atom stereocenters. The Bertz CT molecular complexity index is 661. The molecule has 0 aliphatic heterocycles. The van der Waals surface area contributed by atoms with Gasteiger partial charge in [0.25, 0.3) is 0 Å². The van der Waals surface area contributed by atoms with Crippen molar-refractivity contribution in [3.63, 3.8) is 0 Å². The molecule has 0 aromatic heterocycles. The summed E-state index contributed by atoms with van der Waals surface area (Å²) in [5, 5.41) is 9.55. The average molecular weight is 651 g/mol. The Balaban J connectivity index is 3.51. The number of allylic oxidation sites excluding steroid dienone is 2. The van der Waals surface area contributed by atoms with Crippen molar-refractivity contribution in [2.24, 2.45) is 0 Å². The van der Waals surface area contributed by atoms with Gasteiger partial charge in [-0.1, -0.05) is 180 Å². The van der Waals surface area contributed by atoms with Gasteiger partial charge >= 0.3 is 11.9 Å². The van der Waals surface area contributed by atoms with Crippen LogP contribution in [-0.2, 0) is 19.1 Å². The molecule has 1 unspecified atom stereocenters. The Morgan fingerprint density at radius 1 is 0.478 bits per heavy atom. The number of rotatable bonds is 37. The zero-order valence-corrected chi connectivity index (χ0v) is 30.9. The van der Waals surface area contributed by atoms with Crippen molar-refractivity contribution in [3.8, 4) is 0 Å². The lowest BCUT2D eigenvalue weighted by Crippen LogP contribution is -2.28. The molecule has 0 fully saturated rings. The number of carbonyl (C=O) groups is 2. The maximum Gasteiger partial charge on any atom is 0.306 e. The lowest BCUT2D eigenvalue weighted by atomic mass is 10.0. The fourth-order valence-electron chi connectivity index (χ4n) is 5.96. The van der Waals surface area contributed by atoms with Crippen LogP contribution in [-0.4, -0.2) is 36.4 Å². The largest absolute Gasteiger partial charge is 0.462 e. The molecule has 5 nitrogen and oxygen atoms in total. The molecule has 0 aromatic rings. The summed E-state index contributed by atoms with van der Waals surface area (Å²) in [5.74, 6) is -0.585. The highest BCUT2D eigenvalue weighted by Gasteiger charge is 2.16. The molecule has 5 heteroatoms. The predicted octanol–water partition coefficient (Wildman–Crippen LogP) is 12.5. The van der Waals surface area contributed by atoms with Crippen LogP contribution < -0.4 is 0 Å². The first kappa shape index (κ1) is 44.6. The van der Waals surface area contributed by atoms with E-state index in [9.17, 15) is 14.7 Å². The van der Waals surface area contributed by atoms with Crippen LogP contribution in [0.15, 0.2) is 12.2 Å². The summed E-state index contributed by atoms with van der Waals surface area (Å²) >= 11 is 0. The first-order valence-electron chi connectivity index (χ1n) is 20.2. The smallest absolute Gasteiger partial charge is 0.306 e. The normalized spacial score (nSPS) is 12.2. The van der Waals surface area contributed by atoms with Crippen molar-refractivity contribution in [3.05, 3.63) is 12.2 Å². The number of ether oxygens (including phenoxy) is 2. The molecule has 0 saturated carbocycles. The number of hydrogen-bond acceptors (Lipinski definition) is 5. The van der Waals surface area contributed by atoms with Gasteiger partial charge in [0, 0.05) is 12.8 Å². The maximum atomic E-state index is 12.2. The standard InChI is InChI=1S/C41H78O5/c1-3-5-7-9-11-13-15-17-19-20-22-23-25-27-29-31-33-35-40(43)45-38-39(37-42)46-41(44)36-34-32-30-28-26-24-21-18-16-14-12-10-8-6-4-2/h17,19,39,42H,3-16,18,20-38H2,1-2H3. The Morgan fingerprint density at radius 2 is 0.804 bits per heavy atom. The molecular weight excluding hydrogens is 572 g/mol. The molecule has 0 rings (SSSR count). The Morgan fingerprint density at radius 3 is 1.17 bits per heavy atom. The second-order valence-electron chi connectivity index (χ2n) is 13.7. The molecule has 272 valence electrons. The monoisotopic (exact) mass is 651 g/mol. The van der Waals surface area contributed by atoms with E-state index in [0.717, 1.165) is 38.5 Å². The highest BCUT2D eigenvalue weighted by Crippen LogP contribution is 2.15. The van der Waals surface area contributed by atoms with E-state index in [1.807, 2.05) is 0 Å².